The molecule has 0 amide bonds. The highest BCUT2D eigenvalue weighted by Gasteiger charge is 2.42. The molecule has 0 aliphatic carbocycles. The molecular formula is C25H19FN4O2S. The quantitative estimate of drug-likeness (QED) is 0.438. The van der Waals surface area contributed by atoms with Crippen molar-refractivity contribution in [1.29, 1.82) is 0 Å². The third-order valence-electron chi connectivity index (χ3n) is 5.93. The van der Waals surface area contributed by atoms with Gasteiger partial charge < -0.3 is 24.3 Å². The summed E-state index contributed by atoms with van der Waals surface area (Å²) in [5.41, 5.74) is 3.04. The Labute approximate surface area is 195 Å². The fourth-order valence-electron chi connectivity index (χ4n) is 4.47. The van der Waals surface area contributed by atoms with Crippen LogP contribution in [0.1, 0.15) is 23.5 Å². The van der Waals surface area contributed by atoms with Gasteiger partial charge >= 0.3 is 0 Å². The molecule has 2 aliphatic heterocycles. The van der Waals surface area contributed by atoms with Crippen LogP contribution < -0.4 is 19.7 Å². The van der Waals surface area contributed by atoms with Gasteiger partial charge in [-0.25, -0.2) is 4.39 Å². The highest BCUT2D eigenvalue weighted by molar-refractivity contribution is 7.80. The Morgan fingerprint density at radius 3 is 2.67 bits per heavy atom. The van der Waals surface area contributed by atoms with Crippen molar-refractivity contribution in [2.75, 3.05) is 11.7 Å². The van der Waals surface area contributed by atoms with Crippen LogP contribution in [0.15, 0.2) is 85.2 Å². The average molecular weight is 459 g/mol. The van der Waals surface area contributed by atoms with Gasteiger partial charge in [-0.3, -0.25) is 4.98 Å². The number of aromatic nitrogens is 2. The van der Waals surface area contributed by atoms with E-state index in [1.807, 2.05) is 70.3 Å². The molecule has 0 radical (unpaired) electrons. The number of anilines is 1. The number of hydrogen-bond acceptors (Lipinski definition) is 4. The average Bonchev–Trinajstić information content (AvgIpc) is 3.57. The summed E-state index contributed by atoms with van der Waals surface area (Å²) < 4.78 is 27.7. The predicted octanol–water partition coefficient (Wildman–Crippen LogP) is 4.92. The van der Waals surface area contributed by atoms with E-state index in [4.69, 9.17) is 21.7 Å². The summed E-state index contributed by atoms with van der Waals surface area (Å²) in [6.45, 7) is 0.192. The second-order valence-electron chi connectivity index (χ2n) is 7.79. The molecule has 1 saturated heterocycles. The zero-order chi connectivity index (χ0) is 22.4. The molecule has 6 nitrogen and oxygen atoms in total. The van der Waals surface area contributed by atoms with E-state index in [2.05, 4.69) is 10.3 Å². The molecule has 0 saturated carbocycles. The van der Waals surface area contributed by atoms with Gasteiger partial charge in [0.2, 0.25) is 6.79 Å². The predicted molar refractivity (Wildman–Crippen MR) is 126 cm³/mol. The van der Waals surface area contributed by atoms with Crippen LogP contribution in [0.25, 0.3) is 5.69 Å². The van der Waals surface area contributed by atoms with Gasteiger partial charge in [0.1, 0.15) is 11.9 Å². The van der Waals surface area contributed by atoms with Gasteiger partial charge in [0, 0.05) is 29.8 Å². The second-order valence-corrected chi connectivity index (χ2v) is 8.18. The van der Waals surface area contributed by atoms with Gasteiger partial charge in [0.15, 0.2) is 16.6 Å². The van der Waals surface area contributed by atoms with Crippen LogP contribution in [0.2, 0.25) is 0 Å². The summed E-state index contributed by atoms with van der Waals surface area (Å²) in [5, 5.41) is 3.99. The van der Waals surface area contributed by atoms with Crippen LogP contribution in [-0.2, 0) is 0 Å². The van der Waals surface area contributed by atoms with Crippen LogP contribution >= 0.6 is 12.2 Å². The number of rotatable bonds is 4. The van der Waals surface area contributed by atoms with Gasteiger partial charge in [-0.05, 0) is 60.7 Å². The molecule has 2 aliphatic rings. The maximum absolute atomic E-state index is 14.8. The fourth-order valence-corrected chi connectivity index (χ4v) is 4.82. The van der Waals surface area contributed by atoms with Crippen LogP contribution in [0.3, 0.4) is 0 Å². The molecule has 0 unspecified atom stereocenters. The van der Waals surface area contributed by atoms with Crippen molar-refractivity contribution in [2.24, 2.45) is 0 Å². The maximum atomic E-state index is 14.8. The first-order chi connectivity index (χ1) is 16.2. The minimum absolute atomic E-state index is 0.192. The molecule has 2 atom stereocenters. The number of ether oxygens (including phenoxy) is 2. The summed E-state index contributed by atoms with van der Waals surface area (Å²) in [6, 6.07) is 21.6. The van der Waals surface area contributed by atoms with E-state index in [9.17, 15) is 4.39 Å². The molecule has 0 spiro atoms. The van der Waals surface area contributed by atoms with Crippen molar-refractivity contribution in [2.45, 2.75) is 12.1 Å². The standard InChI is InChI=1S/C25H19FN4O2S/c26-17-6-1-2-8-19(17)29-13-5-9-20(29)24-23(18-7-3-4-12-27-18)28-25(33)30(24)16-10-11-21-22(14-16)32-15-31-21/h1-14,23-24H,15H2,(H,28,33)/t23-,24-/m0/s1. The molecule has 1 N–H and O–H groups in total. The number of halogens is 1. The second kappa shape index (κ2) is 7.90. The van der Waals surface area contributed by atoms with Gasteiger partial charge in [-0.2, -0.15) is 0 Å². The number of nitrogens with one attached hydrogen (secondary N) is 1. The van der Waals surface area contributed by atoms with Gasteiger partial charge in [-0.1, -0.05) is 18.2 Å². The number of thiocarbonyl (C=S) groups is 1. The van der Waals surface area contributed by atoms with Crippen molar-refractivity contribution >= 4 is 23.0 Å². The molecule has 164 valence electrons. The number of benzene rings is 2. The number of para-hydroxylation sites is 1. The Morgan fingerprint density at radius 1 is 0.970 bits per heavy atom. The highest BCUT2D eigenvalue weighted by Crippen LogP contribution is 2.45. The molecule has 4 aromatic rings. The van der Waals surface area contributed by atoms with Gasteiger partial charge in [0.25, 0.3) is 0 Å². The Kier molecular flexibility index (Phi) is 4.73. The van der Waals surface area contributed by atoms with E-state index in [0.29, 0.717) is 22.3 Å². The Bertz CT molecular complexity index is 1340. The minimum atomic E-state index is -0.299. The highest BCUT2D eigenvalue weighted by atomic mass is 32.1. The van der Waals surface area contributed by atoms with E-state index in [1.165, 1.54) is 6.07 Å². The lowest BCUT2D eigenvalue weighted by atomic mass is 10.0. The van der Waals surface area contributed by atoms with E-state index in [1.54, 1.807) is 18.3 Å². The number of hydrogen-bond donors (Lipinski definition) is 1. The third-order valence-corrected chi connectivity index (χ3v) is 6.24. The first-order valence-corrected chi connectivity index (χ1v) is 10.9. The molecule has 6 rings (SSSR count). The molecule has 4 heterocycles. The molecule has 2 aromatic carbocycles. The lowest BCUT2D eigenvalue weighted by molar-refractivity contribution is 0.174. The van der Waals surface area contributed by atoms with Crippen molar-refractivity contribution in [3.63, 3.8) is 0 Å². The SMILES string of the molecule is Fc1ccccc1-n1cccc1[C@H]1[C@H](c2ccccn2)NC(=S)N1c1ccc2c(c1)OCO2. The Balaban J connectivity index is 1.52. The monoisotopic (exact) mass is 458 g/mol. The number of pyridine rings is 1. The topological polar surface area (TPSA) is 51.6 Å². The van der Waals surface area contributed by atoms with E-state index in [0.717, 1.165) is 17.1 Å². The summed E-state index contributed by atoms with van der Waals surface area (Å²) in [4.78, 5) is 6.62. The van der Waals surface area contributed by atoms with Gasteiger partial charge in [0.05, 0.1) is 17.4 Å². The first kappa shape index (κ1) is 19.8. The molecule has 8 heteroatoms. The Morgan fingerprint density at radius 2 is 1.82 bits per heavy atom. The third kappa shape index (κ3) is 3.30. The summed E-state index contributed by atoms with van der Waals surface area (Å²) in [5.74, 6) is 1.07. The van der Waals surface area contributed by atoms with Crippen molar-refractivity contribution in [1.82, 2.24) is 14.9 Å². The van der Waals surface area contributed by atoms with E-state index in [-0.39, 0.29) is 24.7 Å². The molecule has 0 bridgehead atoms. The normalized spacial score (nSPS) is 19.1. The Hall–Kier alpha value is -3.91. The minimum Gasteiger partial charge on any atom is -0.454 e. The largest absolute Gasteiger partial charge is 0.454 e. The molecule has 33 heavy (non-hydrogen) atoms. The molecule has 2 aromatic heterocycles. The fraction of sp³-hybridized carbons (Fsp3) is 0.120. The zero-order valence-electron chi connectivity index (χ0n) is 17.4. The number of fused-ring (bicyclic) bond motifs is 1. The first-order valence-electron chi connectivity index (χ1n) is 10.5. The van der Waals surface area contributed by atoms with Crippen LogP contribution in [0.5, 0.6) is 11.5 Å². The van der Waals surface area contributed by atoms with Crippen LogP contribution in [-0.4, -0.2) is 21.5 Å². The van der Waals surface area contributed by atoms with Crippen molar-refractivity contribution in [3.05, 3.63) is 102 Å². The van der Waals surface area contributed by atoms with E-state index < -0.39 is 0 Å². The summed E-state index contributed by atoms with van der Waals surface area (Å²) in [6.07, 6.45) is 3.62. The van der Waals surface area contributed by atoms with Crippen molar-refractivity contribution in [3.8, 4) is 17.2 Å². The smallest absolute Gasteiger partial charge is 0.231 e. The number of nitrogens with zero attached hydrogens (tertiary/aromatic N) is 3. The lowest BCUT2D eigenvalue weighted by Gasteiger charge is -2.29. The van der Waals surface area contributed by atoms with Gasteiger partial charge in [-0.15, -0.1) is 0 Å². The molecule has 1 fully saturated rings. The summed E-state index contributed by atoms with van der Waals surface area (Å²) >= 11 is 5.80. The lowest BCUT2D eigenvalue weighted by Crippen LogP contribution is -2.30. The molecular weight excluding hydrogens is 439 g/mol. The van der Waals surface area contributed by atoms with Crippen molar-refractivity contribution < 1.29 is 13.9 Å². The summed E-state index contributed by atoms with van der Waals surface area (Å²) in [7, 11) is 0. The maximum Gasteiger partial charge on any atom is 0.231 e. The zero-order valence-corrected chi connectivity index (χ0v) is 18.2. The van der Waals surface area contributed by atoms with E-state index >= 15 is 0 Å². The van der Waals surface area contributed by atoms with Crippen LogP contribution in [0, 0.1) is 5.82 Å². The van der Waals surface area contributed by atoms with Crippen LogP contribution in [0.4, 0.5) is 10.1 Å².